The van der Waals surface area contributed by atoms with Crippen LogP contribution in [0.1, 0.15) is 31.5 Å². The van der Waals surface area contributed by atoms with Gasteiger partial charge in [-0.3, -0.25) is 9.89 Å². The molecule has 2 N–H and O–H groups in total. The number of hydrogen-bond acceptors (Lipinski definition) is 4. The summed E-state index contributed by atoms with van der Waals surface area (Å²) in [6, 6.07) is 0. The van der Waals surface area contributed by atoms with Crippen LogP contribution < -0.4 is 5.32 Å². The van der Waals surface area contributed by atoms with E-state index in [9.17, 15) is 4.79 Å². The van der Waals surface area contributed by atoms with Crippen molar-refractivity contribution < 1.29 is 4.79 Å². The summed E-state index contributed by atoms with van der Waals surface area (Å²) >= 11 is 0. The highest BCUT2D eigenvalue weighted by Gasteiger charge is 2.16. The molecule has 1 fully saturated rings. The van der Waals surface area contributed by atoms with E-state index in [0.29, 0.717) is 18.9 Å². The number of H-pyrrole nitrogens is 1. The molecular formula is C12H21N5O. The van der Waals surface area contributed by atoms with Gasteiger partial charge < -0.3 is 10.2 Å². The molecule has 1 aliphatic rings. The normalized spacial score (nSPS) is 19.7. The zero-order valence-electron chi connectivity index (χ0n) is 10.9. The summed E-state index contributed by atoms with van der Waals surface area (Å²) in [5, 5.41) is 9.91. The lowest BCUT2D eigenvalue weighted by molar-refractivity contribution is -0.130. The third-order valence-corrected chi connectivity index (χ3v) is 3.44. The van der Waals surface area contributed by atoms with Gasteiger partial charge >= 0.3 is 0 Å². The summed E-state index contributed by atoms with van der Waals surface area (Å²) in [7, 11) is 1.81. The molecule has 6 heteroatoms. The highest BCUT2D eigenvalue weighted by atomic mass is 16.2. The minimum atomic E-state index is 0.178. The monoisotopic (exact) mass is 251 g/mol. The average Bonchev–Trinajstić information content (AvgIpc) is 2.90. The number of piperidine rings is 1. The van der Waals surface area contributed by atoms with Gasteiger partial charge in [-0.25, -0.2) is 4.98 Å². The van der Waals surface area contributed by atoms with E-state index in [1.54, 1.807) is 4.90 Å². The molecule has 1 atom stereocenters. The van der Waals surface area contributed by atoms with Gasteiger partial charge in [-0.05, 0) is 38.3 Å². The maximum absolute atomic E-state index is 12.0. The summed E-state index contributed by atoms with van der Waals surface area (Å²) in [6.45, 7) is 2.68. The van der Waals surface area contributed by atoms with Gasteiger partial charge in [-0.2, -0.15) is 5.10 Å². The number of hydrogen-bond donors (Lipinski definition) is 2. The van der Waals surface area contributed by atoms with Crippen molar-refractivity contribution in [1.29, 1.82) is 0 Å². The number of aromatic nitrogens is 3. The second-order valence-corrected chi connectivity index (χ2v) is 4.93. The van der Waals surface area contributed by atoms with Gasteiger partial charge in [0, 0.05) is 13.5 Å². The molecule has 2 rings (SSSR count). The first kappa shape index (κ1) is 13.0. The molecule has 1 saturated heterocycles. The van der Waals surface area contributed by atoms with Crippen LogP contribution in [0.3, 0.4) is 0 Å². The van der Waals surface area contributed by atoms with E-state index in [2.05, 4.69) is 20.5 Å². The molecule has 2 heterocycles. The molecule has 1 unspecified atom stereocenters. The van der Waals surface area contributed by atoms with E-state index in [4.69, 9.17) is 0 Å². The number of nitrogens with one attached hydrogen (secondary N) is 2. The molecule has 0 saturated carbocycles. The van der Waals surface area contributed by atoms with Crippen molar-refractivity contribution in [3.63, 3.8) is 0 Å². The number of amides is 1. The molecule has 0 bridgehead atoms. The standard InChI is InChI=1S/C12H21N5O/c1-17(8-11-14-9-15-16-11)12(18)5-4-10-3-2-6-13-7-10/h9-10,13H,2-8H2,1H3,(H,14,15,16). The van der Waals surface area contributed by atoms with Crippen molar-refractivity contribution in [2.45, 2.75) is 32.2 Å². The van der Waals surface area contributed by atoms with Crippen molar-refractivity contribution >= 4 is 5.91 Å². The Morgan fingerprint density at radius 3 is 3.17 bits per heavy atom. The Bertz CT molecular complexity index is 359. The van der Waals surface area contributed by atoms with Crippen LogP contribution in [-0.4, -0.2) is 46.1 Å². The third-order valence-electron chi connectivity index (χ3n) is 3.44. The first-order valence-corrected chi connectivity index (χ1v) is 6.54. The number of aromatic amines is 1. The molecule has 1 aliphatic heterocycles. The zero-order valence-corrected chi connectivity index (χ0v) is 10.9. The van der Waals surface area contributed by atoms with Crippen LogP contribution in [0.15, 0.2) is 6.33 Å². The minimum absolute atomic E-state index is 0.178. The highest BCUT2D eigenvalue weighted by Crippen LogP contribution is 2.16. The first-order valence-electron chi connectivity index (χ1n) is 6.54. The van der Waals surface area contributed by atoms with Crippen molar-refractivity contribution in [2.75, 3.05) is 20.1 Å². The molecule has 0 radical (unpaired) electrons. The van der Waals surface area contributed by atoms with Crippen LogP contribution in [0.2, 0.25) is 0 Å². The van der Waals surface area contributed by atoms with Crippen molar-refractivity contribution in [3.8, 4) is 0 Å². The predicted octanol–water partition coefficient (Wildman–Crippen LogP) is 0.543. The fourth-order valence-corrected chi connectivity index (χ4v) is 2.31. The lowest BCUT2D eigenvalue weighted by atomic mass is 9.94. The van der Waals surface area contributed by atoms with Crippen molar-refractivity contribution in [2.24, 2.45) is 5.92 Å². The molecule has 0 aromatic carbocycles. The van der Waals surface area contributed by atoms with Crippen LogP contribution >= 0.6 is 0 Å². The van der Waals surface area contributed by atoms with E-state index in [-0.39, 0.29) is 5.91 Å². The summed E-state index contributed by atoms with van der Waals surface area (Å²) < 4.78 is 0. The van der Waals surface area contributed by atoms with Gasteiger partial charge in [0.05, 0.1) is 6.54 Å². The maximum Gasteiger partial charge on any atom is 0.222 e. The Morgan fingerprint density at radius 2 is 2.50 bits per heavy atom. The minimum Gasteiger partial charge on any atom is -0.338 e. The second kappa shape index (κ2) is 6.49. The molecule has 1 amide bonds. The summed E-state index contributed by atoms with van der Waals surface area (Å²) in [5.41, 5.74) is 0. The summed E-state index contributed by atoms with van der Waals surface area (Å²) in [4.78, 5) is 17.7. The van der Waals surface area contributed by atoms with Gasteiger partial charge in [0.2, 0.25) is 5.91 Å². The molecule has 0 spiro atoms. The summed E-state index contributed by atoms with van der Waals surface area (Å²) in [6.07, 6.45) is 5.53. The van der Waals surface area contributed by atoms with Crippen molar-refractivity contribution in [3.05, 3.63) is 12.2 Å². The lowest BCUT2D eigenvalue weighted by Gasteiger charge is -2.23. The SMILES string of the molecule is CN(Cc1ncn[nH]1)C(=O)CCC1CCCNC1. The van der Waals surface area contributed by atoms with Gasteiger partial charge in [-0.15, -0.1) is 0 Å². The first-order chi connectivity index (χ1) is 8.75. The maximum atomic E-state index is 12.0. The molecule has 0 aliphatic carbocycles. The van der Waals surface area contributed by atoms with E-state index >= 15 is 0 Å². The number of rotatable bonds is 5. The van der Waals surface area contributed by atoms with Gasteiger partial charge in [0.25, 0.3) is 0 Å². The van der Waals surface area contributed by atoms with E-state index in [1.165, 1.54) is 19.2 Å². The quantitative estimate of drug-likeness (QED) is 0.801. The van der Waals surface area contributed by atoms with Gasteiger partial charge in [0.15, 0.2) is 0 Å². The van der Waals surface area contributed by atoms with Crippen LogP contribution in [0, 0.1) is 5.92 Å². The largest absolute Gasteiger partial charge is 0.338 e. The summed E-state index contributed by atoms with van der Waals surface area (Å²) in [5.74, 6) is 1.56. The topological polar surface area (TPSA) is 73.9 Å². The lowest BCUT2D eigenvalue weighted by Crippen LogP contribution is -2.32. The van der Waals surface area contributed by atoms with Crippen LogP contribution in [0.25, 0.3) is 0 Å². The zero-order chi connectivity index (χ0) is 12.8. The Kier molecular flexibility index (Phi) is 4.69. The van der Waals surface area contributed by atoms with Gasteiger partial charge in [-0.1, -0.05) is 0 Å². The van der Waals surface area contributed by atoms with E-state index in [1.807, 2.05) is 7.05 Å². The van der Waals surface area contributed by atoms with E-state index in [0.717, 1.165) is 25.3 Å². The molecule has 1 aromatic rings. The molecule has 100 valence electrons. The number of nitrogens with zero attached hydrogens (tertiary/aromatic N) is 3. The predicted molar refractivity (Wildman–Crippen MR) is 67.7 cm³/mol. The smallest absolute Gasteiger partial charge is 0.222 e. The van der Waals surface area contributed by atoms with E-state index < -0.39 is 0 Å². The Hall–Kier alpha value is -1.43. The number of carbonyl (C=O) groups is 1. The molecule has 1 aromatic heterocycles. The molecule has 6 nitrogen and oxygen atoms in total. The molecular weight excluding hydrogens is 230 g/mol. The average molecular weight is 251 g/mol. The molecule has 18 heavy (non-hydrogen) atoms. The Balaban J connectivity index is 1.70. The second-order valence-electron chi connectivity index (χ2n) is 4.93. The van der Waals surface area contributed by atoms with Crippen LogP contribution in [0.5, 0.6) is 0 Å². The third kappa shape index (κ3) is 3.80. The van der Waals surface area contributed by atoms with Crippen molar-refractivity contribution in [1.82, 2.24) is 25.4 Å². The van der Waals surface area contributed by atoms with Crippen LogP contribution in [0.4, 0.5) is 0 Å². The Labute approximate surface area is 107 Å². The van der Waals surface area contributed by atoms with Crippen LogP contribution in [-0.2, 0) is 11.3 Å². The fourth-order valence-electron chi connectivity index (χ4n) is 2.31. The Morgan fingerprint density at radius 1 is 1.61 bits per heavy atom. The van der Waals surface area contributed by atoms with Gasteiger partial charge in [0.1, 0.15) is 12.2 Å². The fraction of sp³-hybridized carbons (Fsp3) is 0.750. The number of carbonyl (C=O) groups excluding carboxylic acids is 1. The highest BCUT2D eigenvalue weighted by molar-refractivity contribution is 5.75.